The van der Waals surface area contributed by atoms with E-state index in [2.05, 4.69) is 6.92 Å². The Hall–Kier alpha value is -0.0800. The fourth-order valence-corrected chi connectivity index (χ4v) is 1.66. The van der Waals surface area contributed by atoms with Crippen LogP contribution in [-0.4, -0.2) is 20.0 Å². The molecule has 1 aliphatic carbocycles. The van der Waals surface area contributed by atoms with E-state index < -0.39 is 0 Å². The van der Waals surface area contributed by atoms with Crippen molar-refractivity contribution in [2.45, 2.75) is 32.0 Å². The van der Waals surface area contributed by atoms with Gasteiger partial charge in [0.15, 0.2) is 5.79 Å². The Kier molecular flexibility index (Phi) is 2.32. The van der Waals surface area contributed by atoms with Gasteiger partial charge >= 0.3 is 0 Å². The van der Waals surface area contributed by atoms with Crippen LogP contribution in [0, 0.1) is 5.92 Å². The summed E-state index contributed by atoms with van der Waals surface area (Å²) in [7, 11) is 3.45. The molecule has 0 bridgehead atoms. The average molecular weight is 144 g/mol. The van der Waals surface area contributed by atoms with Gasteiger partial charge in [0.25, 0.3) is 0 Å². The van der Waals surface area contributed by atoms with E-state index in [1.807, 2.05) is 0 Å². The minimum Gasteiger partial charge on any atom is -0.353 e. The van der Waals surface area contributed by atoms with Crippen LogP contribution in [0.2, 0.25) is 0 Å². The lowest BCUT2D eigenvalue weighted by Gasteiger charge is -2.25. The van der Waals surface area contributed by atoms with E-state index in [-0.39, 0.29) is 5.79 Å². The third kappa shape index (κ3) is 1.32. The molecule has 1 fully saturated rings. The summed E-state index contributed by atoms with van der Waals surface area (Å²) in [6.45, 7) is 2.24. The fraction of sp³-hybridized carbons (Fsp3) is 1.00. The topological polar surface area (TPSA) is 18.5 Å². The largest absolute Gasteiger partial charge is 0.353 e. The standard InChI is InChI=1S/C8H16O2/c1-7-4-5-8(6-7,9-2)10-3/h7H,4-6H2,1-3H3. The van der Waals surface area contributed by atoms with E-state index in [9.17, 15) is 0 Å². The molecule has 60 valence electrons. The molecule has 0 saturated heterocycles. The van der Waals surface area contributed by atoms with Crippen molar-refractivity contribution >= 4 is 0 Å². The van der Waals surface area contributed by atoms with Crippen molar-refractivity contribution in [1.82, 2.24) is 0 Å². The first kappa shape index (κ1) is 8.02. The average Bonchev–Trinajstić information content (AvgIpc) is 2.33. The van der Waals surface area contributed by atoms with Crippen LogP contribution in [0.5, 0.6) is 0 Å². The Morgan fingerprint density at radius 3 is 2.10 bits per heavy atom. The molecular formula is C8H16O2. The van der Waals surface area contributed by atoms with Gasteiger partial charge in [-0.15, -0.1) is 0 Å². The molecule has 0 amide bonds. The molecule has 0 heterocycles. The van der Waals surface area contributed by atoms with E-state index in [0.717, 1.165) is 18.8 Å². The predicted octanol–water partition coefficient (Wildman–Crippen LogP) is 1.80. The van der Waals surface area contributed by atoms with Gasteiger partial charge in [0.05, 0.1) is 0 Å². The van der Waals surface area contributed by atoms with Gasteiger partial charge in [-0.2, -0.15) is 0 Å². The van der Waals surface area contributed by atoms with Crippen molar-refractivity contribution in [1.29, 1.82) is 0 Å². The molecular weight excluding hydrogens is 128 g/mol. The Morgan fingerprint density at radius 2 is 1.90 bits per heavy atom. The highest BCUT2D eigenvalue weighted by Crippen LogP contribution is 2.36. The van der Waals surface area contributed by atoms with E-state index in [4.69, 9.17) is 9.47 Å². The molecule has 1 rings (SSSR count). The zero-order valence-electron chi connectivity index (χ0n) is 7.02. The molecule has 1 aliphatic rings. The van der Waals surface area contributed by atoms with Gasteiger partial charge in [-0.3, -0.25) is 0 Å². The first-order valence-electron chi connectivity index (χ1n) is 3.83. The lowest BCUT2D eigenvalue weighted by atomic mass is 10.1. The maximum Gasteiger partial charge on any atom is 0.167 e. The molecule has 2 nitrogen and oxygen atoms in total. The van der Waals surface area contributed by atoms with Crippen molar-refractivity contribution in [3.05, 3.63) is 0 Å². The van der Waals surface area contributed by atoms with Crippen LogP contribution in [0.25, 0.3) is 0 Å². The maximum atomic E-state index is 5.30. The van der Waals surface area contributed by atoms with Crippen LogP contribution in [0.15, 0.2) is 0 Å². The zero-order chi connectivity index (χ0) is 7.61. The lowest BCUT2D eigenvalue weighted by Crippen LogP contribution is -2.29. The zero-order valence-corrected chi connectivity index (χ0v) is 7.02. The first-order valence-corrected chi connectivity index (χ1v) is 3.83. The summed E-state index contributed by atoms with van der Waals surface area (Å²) in [5, 5.41) is 0. The van der Waals surface area contributed by atoms with Crippen molar-refractivity contribution in [3.63, 3.8) is 0 Å². The van der Waals surface area contributed by atoms with Gasteiger partial charge in [-0.25, -0.2) is 0 Å². The Labute approximate surface area is 62.5 Å². The van der Waals surface area contributed by atoms with Crippen LogP contribution in [0.1, 0.15) is 26.2 Å². The van der Waals surface area contributed by atoms with Gasteiger partial charge in [-0.05, 0) is 12.3 Å². The summed E-state index contributed by atoms with van der Waals surface area (Å²) in [4.78, 5) is 0. The van der Waals surface area contributed by atoms with Gasteiger partial charge in [0.1, 0.15) is 0 Å². The molecule has 1 saturated carbocycles. The van der Waals surface area contributed by atoms with E-state index >= 15 is 0 Å². The van der Waals surface area contributed by atoms with E-state index in [0.29, 0.717) is 0 Å². The molecule has 2 heteroatoms. The SMILES string of the molecule is COC1(OC)CCC(C)C1. The molecule has 10 heavy (non-hydrogen) atoms. The number of hydrogen-bond acceptors (Lipinski definition) is 2. The van der Waals surface area contributed by atoms with Crippen LogP contribution in [-0.2, 0) is 9.47 Å². The van der Waals surface area contributed by atoms with Crippen LogP contribution < -0.4 is 0 Å². The highest BCUT2D eigenvalue weighted by atomic mass is 16.7. The Balaban J connectivity index is 2.51. The third-order valence-electron chi connectivity index (χ3n) is 2.42. The molecule has 0 N–H and O–H groups in total. The molecule has 0 radical (unpaired) electrons. The van der Waals surface area contributed by atoms with Crippen LogP contribution in [0.4, 0.5) is 0 Å². The van der Waals surface area contributed by atoms with E-state index in [1.54, 1.807) is 14.2 Å². The molecule has 1 unspecified atom stereocenters. The maximum absolute atomic E-state index is 5.30. The monoisotopic (exact) mass is 144 g/mol. The van der Waals surface area contributed by atoms with Gasteiger partial charge in [0.2, 0.25) is 0 Å². The predicted molar refractivity (Wildman–Crippen MR) is 39.8 cm³/mol. The lowest BCUT2D eigenvalue weighted by molar-refractivity contribution is -0.202. The summed E-state index contributed by atoms with van der Waals surface area (Å²) in [6, 6.07) is 0. The summed E-state index contributed by atoms with van der Waals surface area (Å²) < 4.78 is 10.6. The minimum absolute atomic E-state index is 0.251. The van der Waals surface area contributed by atoms with Crippen molar-refractivity contribution in [3.8, 4) is 0 Å². The van der Waals surface area contributed by atoms with Crippen molar-refractivity contribution < 1.29 is 9.47 Å². The van der Waals surface area contributed by atoms with Crippen LogP contribution in [0.3, 0.4) is 0 Å². The Morgan fingerprint density at radius 1 is 1.30 bits per heavy atom. The number of rotatable bonds is 2. The second-order valence-electron chi connectivity index (χ2n) is 3.17. The molecule has 0 aromatic rings. The normalized spacial score (nSPS) is 30.9. The molecule has 0 aromatic heterocycles. The highest BCUT2D eigenvalue weighted by molar-refractivity contribution is 4.80. The minimum atomic E-state index is -0.251. The highest BCUT2D eigenvalue weighted by Gasteiger charge is 2.37. The second kappa shape index (κ2) is 2.89. The van der Waals surface area contributed by atoms with Crippen molar-refractivity contribution in [2.24, 2.45) is 5.92 Å². The molecule has 1 atom stereocenters. The Bertz CT molecular complexity index is 108. The summed E-state index contributed by atoms with van der Waals surface area (Å²) in [6.07, 6.45) is 3.31. The van der Waals surface area contributed by atoms with Gasteiger partial charge < -0.3 is 9.47 Å². The van der Waals surface area contributed by atoms with Crippen molar-refractivity contribution in [2.75, 3.05) is 14.2 Å². The van der Waals surface area contributed by atoms with Gasteiger partial charge in [-0.1, -0.05) is 6.92 Å². The number of methoxy groups -OCH3 is 2. The quantitative estimate of drug-likeness (QED) is 0.550. The molecule has 0 aliphatic heterocycles. The summed E-state index contributed by atoms with van der Waals surface area (Å²) in [5.74, 6) is 0.499. The summed E-state index contributed by atoms with van der Waals surface area (Å²) >= 11 is 0. The molecule has 0 spiro atoms. The smallest absolute Gasteiger partial charge is 0.167 e. The molecule has 0 aromatic carbocycles. The number of ether oxygens (including phenoxy) is 2. The first-order chi connectivity index (χ1) is 4.72. The summed E-state index contributed by atoms with van der Waals surface area (Å²) in [5.41, 5.74) is 0. The second-order valence-corrected chi connectivity index (χ2v) is 3.17. The fourth-order valence-electron chi connectivity index (χ4n) is 1.66. The number of hydrogen-bond donors (Lipinski definition) is 0. The van der Waals surface area contributed by atoms with E-state index in [1.165, 1.54) is 6.42 Å². The van der Waals surface area contributed by atoms with Crippen LogP contribution >= 0.6 is 0 Å². The van der Waals surface area contributed by atoms with Gasteiger partial charge in [0, 0.05) is 27.1 Å². The third-order valence-corrected chi connectivity index (χ3v) is 2.42.